The summed E-state index contributed by atoms with van der Waals surface area (Å²) in [5, 5.41) is 7.49. The van der Waals surface area contributed by atoms with Crippen LogP contribution in [0.25, 0.3) is 0 Å². The van der Waals surface area contributed by atoms with Crippen molar-refractivity contribution in [1.82, 2.24) is 0 Å². The summed E-state index contributed by atoms with van der Waals surface area (Å²) in [7, 11) is -9.48. The van der Waals surface area contributed by atoms with Crippen LogP contribution >= 0.6 is 0 Å². The normalized spacial score (nSPS) is 12.8. The highest BCUT2D eigenvalue weighted by Gasteiger charge is 2.41. The second-order valence-electron chi connectivity index (χ2n) is 9.96. The summed E-state index contributed by atoms with van der Waals surface area (Å²) < 4.78 is 71.4. The minimum Gasteiger partial charge on any atom is -0.263 e. The molecule has 0 aromatic carbocycles. The maximum absolute atomic E-state index is 14.1. The standard InChI is InChI=1S/C25H51F2N2O4S2/c1-3-5-7-9-13-17-21-29(25(28)35(27,32)33,22-18-14-10-8-6-4-2)23-19-15-11-12-16-20-24-34(26,30)31/h28H,3-24H2,1-2H3/q+1. The van der Waals surface area contributed by atoms with Gasteiger partial charge in [-0.15, -0.1) is 3.89 Å². The van der Waals surface area contributed by atoms with Crippen molar-refractivity contribution in [2.75, 3.05) is 25.4 Å². The SMILES string of the molecule is CCCCCCCC[N+](CCCCCCCC)(CCCCCCCCS(=O)(=O)F)C(=N)S(=O)(=O)F. The molecule has 0 spiro atoms. The Balaban J connectivity index is 5.00. The van der Waals surface area contributed by atoms with E-state index in [0.29, 0.717) is 38.9 Å². The molecule has 0 radical (unpaired) electrons. The number of hydrogen-bond acceptors (Lipinski definition) is 5. The number of unbranched alkanes of at least 4 members (excludes halogenated alkanes) is 15. The van der Waals surface area contributed by atoms with Crippen LogP contribution < -0.4 is 0 Å². The van der Waals surface area contributed by atoms with E-state index in [4.69, 9.17) is 5.41 Å². The van der Waals surface area contributed by atoms with E-state index in [9.17, 15) is 24.6 Å². The van der Waals surface area contributed by atoms with Gasteiger partial charge in [0.15, 0.2) is 0 Å². The number of amidine groups is 1. The Morgan fingerprint density at radius 3 is 1.20 bits per heavy atom. The van der Waals surface area contributed by atoms with Gasteiger partial charge >= 0.3 is 25.6 Å². The van der Waals surface area contributed by atoms with E-state index in [1.165, 1.54) is 12.8 Å². The van der Waals surface area contributed by atoms with Gasteiger partial charge in [-0.05, 0) is 44.9 Å². The number of nitrogens with zero attached hydrogens (tertiary/aromatic N) is 1. The average molecular weight is 546 g/mol. The molecule has 0 aromatic heterocycles. The Labute approximate surface area is 214 Å². The number of rotatable bonds is 23. The second-order valence-corrected chi connectivity index (χ2v) is 12.7. The smallest absolute Gasteiger partial charge is 0.263 e. The van der Waals surface area contributed by atoms with Gasteiger partial charge in [0.1, 0.15) is 0 Å². The van der Waals surface area contributed by atoms with E-state index >= 15 is 0 Å². The highest BCUT2D eigenvalue weighted by Crippen LogP contribution is 2.22. The van der Waals surface area contributed by atoms with Crippen LogP contribution in [0.4, 0.5) is 7.77 Å². The molecule has 0 saturated heterocycles. The molecule has 0 amide bonds. The van der Waals surface area contributed by atoms with Gasteiger partial charge in [0.05, 0.1) is 25.4 Å². The molecule has 0 heterocycles. The molecule has 0 bridgehead atoms. The Hall–Kier alpha value is -0.610. The molecule has 0 unspecified atom stereocenters. The van der Waals surface area contributed by atoms with E-state index < -0.39 is 31.4 Å². The number of nitrogens with one attached hydrogen (secondary N) is 1. The average Bonchev–Trinajstić information content (AvgIpc) is 2.77. The molecular weight excluding hydrogens is 494 g/mol. The third-order valence-corrected chi connectivity index (χ3v) is 8.39. The lowest BCUT2D eigenvalue weighted by Gasteiger charge is -2.36. The van der Waals surface area contributed by atoms with Crippen LogP contribution in [0.5, 0.6) is 0 Å². The zero-order chi connectivity index (χ0) is 26.6. The molecule has 6 nitrogen and oxygen atoms in total. The molecule has 10 heteroatoms. The Kier molecular flexibility index (Phi) is 19.2. The fraction of sp³-hybridized carbons (Fsp3) is 0.960. The lowest BCUT2D eigenvalue weighted by Crippen LogP contribution is -2.56. The van der Waals surface area contributed by atoms with Crippen molar-refractivity contribution in [1.29, 1.82) is 5.41 Å². The maximum Gasteiger partial charge on any atom is 0.402 e. The zero-order valence-electron chi connectivity index (χ0n) is 22.2. The molecular formula is C25H51F2N2O4S2+. The van der Waals surface area contributed by atoms with Gasteiger partial charge in [-0.25, -0.2) is 5.41 Å². The van der Waals surface area contributed by atoms with Crippen LogP contribution in [0.15, 0.2) is 0 Å². The number of hydrogen-bond donors (Lipinski definition) is 1. The third kappa shape index (κ3) is 18.3. The Morgan fingerprint density at radius 2 is 0.886 bits per heavy atom. The van der Waals surface area contributed by atoms with E-state index in [2.05, 4.69) is 13.8 Å². The van der Waals surface area contributed by atoms with Gasteiger partial charge in [-0.1, -0.05) is 88.4 Å². The van der Waals surface area contributed by atoms with Gasteiger partial charge < -0.3 is 0 Å². The zero-order valence-corrected chi connectivity index (χ0v) is 23.8. The highest BCUT2D eigenvalue weighted by molar-refractivity contribution is 8.01. The van der Waals surface area contributed by atoms with Crippen LogP contribution in [-0.4, -0.2) is 51.9 Å². The van der Waals surface area contributed by atoms with E-state index in [1.54, 1.807) is 0 Å². The number of halogens is 2. The number of quaternary nitrogens is 1. The lowest BCUT2D eigenvalue weighted by molar-refractivity contribution is -0.840. The monoisotopic (exact) mass is 545 g/mol. The summed E-state index contributed by atoms with van der Waals surface area (Å²) in [4.78, 5) is 0. The molecule has 0 aliphatic heterocycles. The maximum atomic E-state index is 14.1. The summed E-state index contributed by atoms with van der Waals surface area (Å²) in [6, 6.07) is 0. The van der Waals surface area contributed by atoms with Crippen molar-refractivity contribution >= 4 is 25.6 Å². The lowest BCUT2D eigenvalue weighted by atomic mass is 10.1. The first-order valence-corrected chi connectivity index (χ1v) is 16.7. The Bertz CT molecular complexity index is 743. The van der Waals surface area contributed by atoms with Crippen molar-refractivity contribution in [2.45, 2.75) is 129 Å². The quantitative estimate of drug-likeness (QED) is 0.0476. The van der Waals surface area contributed by atoms with Crippen LogP contribution in [0.1, 0.15) is 129 Å². The van der Waals surface area contributed by atoms with Crippen molar-refractivity contribution < 1.29 is 29.1 Å². The molecule has 0 fully saturated rings. The van der Waals surface area contributed by atoms with Crippen molar-refractivity contribution in [2.24, 2.45) is 0 Å². The first-order chi connectivity index (χ1) is 16.5. The summed E-state index contributed by atoms with van der Waals surface area (Å²) in [5.74, 6) is -0.449. The molecule has 0 rings (SSSR count). The van der Waals surface area contributed by atoms with Crippen molar-refractivity contribution in [3.05, 3.63) is 0 Å². The second kappa shape index (κ2) is 19.5. The van der Waals surface area contributed by atoms with Gasteiger partial charge in [-0.3, -0.25) is 4.48 Å². The van der Waals surface area contributed by atoms with E-state index in [1.807, 2.05) is 0 Å². The topological polar surface area (TPSA) is 92.1 Å². The third-order valence-electron chi connectivity index (χ3n) is 6.77. The molecule has 0 atom stereocenters. The van der Waals surface area contributed by atoms with E-state index in [-0.39, 0.29) is 4.48 Å². The molecule has 0 saturated carbocycles. The first-order valence-electron chi connectivity index (χ1n) is 13.8. The van der Waals surface area contributed by atoms with Crippen molar-refractivity contribution in [3.8, 4) is 0 Å². The molecule has 0 aliphatic carbocycles. The van der Waals surface area contributed by atoms with Crippen LogP contribution in [-0.2, 0) is 20.4 Å². The first kappa shape index (κ1) is 34.4. The highest BCUT2D eigenvalue weighted by atomic mass is 32.3. The predicted octanol–water partition coefficient (Wildman–Crippen LogP) is 7.40. The van der Waals surface area contributed by atoms with Gasteiger partial charge in [-0.2, -0.15) is 16.8 Å². The largest absolute Gasteiger partial charge is 0.402 e. The minimum atomic E-state index is -5.07. The van der Waals surface area contributed by atoms with Crippen LogP contribution in [0, 0.1) is 5.41 Å². The summed E-state index contributed by atoms with van der Waals surface area (Å²) >= 11 is 0. The molecule has 210 valence electrons. The van der Waals surface area contributed by atoms with Gasteiger partial charge in [0.2, 0.25) is 0 Å². The summed E-state index contributed by atoms with van der Waals surface area (Å²) in [6.07, 6.45) is 16.4. The van der Waals surface area contributed by atoms with Gasteiger partial charge in [0.25, 0.3) is 0 Å². The summed E-state index contributed by atoms with van der Waals surface area (Å²) in [6.45, 7) is 5.66. The molecule has 0 aliphatic rings. The fourth-order valence-corrected chi connectivity index (χ4v) is 5.94. The van der Waals surface area contributed by atoms with Crippen LogP contribution in [0.3, 0.4) is 0 Å². The fourth-order valence-electron chi connectivity index (χ4n) is 4.66. The summed E-state index contributed by atoms with van der Waals surface area (Å²) in [5.41, 5.74) is 0. The predicted molar refractivity (Wildman–Crippen MR) is 142 cm³/mol. The minimum absolute atomic E-state index is 0.111. The van der Waals surface area contributed by atoms with Crippen LogP contribution in [0.2, 0.25) is 0 Å². The molecule has 35 heavy (non-hydrogen) atoms. The molecule has 1 N–H and O–H groups in total. The van der Waals surface area contributed by atoms with Gasteiger partial charge in [0, 0.05) is 0 Å². The molecule has 0 aromatic rings. The Morgan fingerprint density at radius 1 is 0.571 bits per heavy atom. The van der Waals surface area contributed by atoms with Crippen molar-refractivity contribution in [3.63, 3.8) is 0 Å². The van der Waals surface area contributed by atoms with E-state index in [0.717, 1.165) is 83.5 Å².